The van der Waals surface area contributed by atoms with Crippen molar-refractivity contribution in [2.45, 2.75) is 26.3 Å². The Morgan fingerprint density at radius 3 is 3.00 bits per heavy atom. The fourth-order valence-corrected chi connectivity index (χ4v) is 1.50. The number of nitrogens with zero attached hydrogens (tertiary/aromatic N) is 3. The lowest BCUT2D eigenvalue weighted by molar-refractivity contribution is -0.123. The van der Waals surface area contributed by atoms with Crippen molar-refractivity contribution in [3.8, 4) is 0 Å². The van der Waals surface area contributed by atoms with Crippen LogP contribution in [0.5, 0.6) is 0 Å². The molecule has 7 heteroatoms. The van der Waals surface area contributed by atoms with Crippen molar-refractivity contribution in [2.24, 2.45) is 16.8 Å². The number of nitrogens with one attached hydrogen (secondary N) is 1. The number of amides is 1. The van der Waals surface area contributed by atoms with Crippen LogP contribution in [-0.4, -0.2) is 27.1 Å². The molecule has 4 N–H and O–H groups in total. The van der Waals surface area contributed by atoms with Gasteiger partial charge in [-0.15, -0.1) is 0 Å². The van der Waals surface area contributed by atoms with Gasteiger partial charge in [0.1, 0.15) is 0 Å². The third-order valence-corrected chi connectivity index (χ3v) is 2.44. The maximum absolute atomic E-state index is 11.9. The number of hydrogen-bond acceptors (Lipinski definition) is 5. The molecule has 0 aliphatic heterocycles. The van der Waals surface area contributed by atoms with Crippen molar-refractivity contribution in [3.63, 3.8) is 0 Å². The lowest BCUT2D eigenvalue weighted by atomic mass is 10.0. The summed E-state index contributed by atoms with van der Waals surface area (Å²) in [6.07, 6.45) is 2.85. The van der Waals surface area contributed by atoms with Crippen LogP contribution in [0.3, 0.4) is 0 Å². The van der Waals surface area contributed by atoms with Gasteiger partial charge < -0.3 is 16.3 Å². The fraction of sp³-hybridized carbons (Fsp3) is 0.455. The van der Waals surface area contributed by atoms with Crippen LogP contribution in [0.2, 0.25) is 0 Å². The third-order valence-electron chi connectivity index (χ3n) is 2.44. The van der Waals surface area contributed by atoms with Crippen molar-refractivity contribution in [1.29, 1.82) is 0 Å². The Hall–Kier alpha value is -2.18. The van der Waals surface area contributed by atoms with Gasteiger partial charge in [0.15, 0.2) is 5.84 Å². The van der Waals surface area contributed by atoms with E-state index < -0.39 is 5.92 Å². The largest absolute Gasteiger partial charge is 0.409 e. The van der Waals surface area contributed by atoms with Gasteiger partial charge in [-0.2, -0.15) is 10.2 Å². The number of nitrogens with two attached hydrogens (primary N) is 1. The maximum Gasteiger partial charge on any atom is 0.231 e. The molecule has 0 spiro atoms. The van der Waals surface area contributed by atoms with E-state index in [1.54, 1.807) is 18.3 Å². The normalized spacial score (nSPS) is 13.1. The quantitative estimate of drug-likeness (QED) is 0.290. The Labute approximate surface area is 105 Å². The van der Waals surface area contributed by atoms with E-state index in [0.717, 1.165) is 6.42 Å². The van der Waals surface area contributed by atoms with Crippen LogP contribution in [0.15, 0.2) is 23.5 Å². The number of rotatable bonds is 6. The molecule has 1 aromatic rings. The minimum Gasteiger partial charge on any atom is -0.409 e. The molecular weight excluding hydrogens is 234 g/mol. The highest BCUT2D eigenvalue weighted by Gasteiger charge is 2.21. The molecule has 1 aromatic heterocycles. The molecule has 1 atom stereocenters. The monoisotopic (exact) mass is 251 g/mol. The molecular formula is C11H17N5O2. The second kappa shape index (κ2) is 7.21. The van der Waals surface area contributed by atoms with Crippen LogP contribution in [0.25, 0.3) is 0 Å². The van der Waals surface area contributed by atoms with Gasteiger partial charge in [-0.3, -0.25) is 4.79 Å². The molecule has 0 radical (unpaired) electrons. The molecule has 1 amide bonds. The molecule has 0 saturated heterocycles. The van der Waals surface area contributed by atoms with Crippen LogP contribution in [-0.2, 0) is 11.3 Å². The number of hydrogen-bond donors (Lipinski definition) is 3. The number of carbonyl (C=O) groups excluding carboxylic acids is 1. The Bertz CT molecular complexity index is 407. The number of amidine groups is 1. The average molecular weight is 251 g/mol. The van der Waals surface area contributed by atoms with Crippen LogP contribution < -0.4 is 11.1 Å². The van der Waals surface area contributed by atoms with Crippen molar-refractivity contribution >= 4 is 11.7 Å². The Kier molecular flexibility index (Phi) is 5.56. The number of carbonyl (C=O) groups is 1. The third kappa shape index (κ3) is 4.00. The van der Waals surface area contributed by atoms with Crippen molar-refractivity contribution in [3.05, 3.63) is 24.0 Å². The number of oxime groups is 1. The van der Waals surface area contributed by atoms with Gasteiger partial charge >= 0.3 is 0 Å². The average Bonchev–Trinajstić information content (AvgIpc) is 2.42. The zero-order valence-corrected chi connectivity index (χ0v) is 10.2. The van der Waals surface area contributed by atoms with Crippen LogP contribution in [0, 0.1) is 5.92 Å². The first-order valence-electron chi connectivity index (χ1n) is 5.70. The smallest absolute Gasteiger partial charge is 0.231 e. The summed E-state index contributed by atoms with van der Waals surface area (Å²) >= 11 is 0. The van der Waals surface area contributed by atoms with Crippen LogP contribution >= 0.6 is 0 Å². The predicted octanol–water partition coefficient (Wildman–Crippen LogP) is 0.255. The van der Waals surface area contributed by atoms with Gasteiger partial charge in [0, 0.05) is 6.20 Å². The first-order chi connectivity index (χ1) is 8.69. The van der Waals surface area contributed by atoms with E-state index >= 15 is 0 Å². The number of aromatic nitrogens is 2. The molecule has 0 bridgehead atoms. The Balaban J connectivity index is 2.57. The lowest BCUT2D eigenvalue weighted by Gasteiger charge is -2.14. The van der Waals surface area contributed by atoms with E-state index in [1.807, 2.05) is 6.92 Å². The first kappa shape index (κ1) is 13.9. The van der Waals surface area contributed by atoms with Crippen molar-refractivity contribution < 1.29 is 10.0 Å². The summed E-state index contributed by atoms with van der Waals surface area (Å²) in [6, 6.07) is 3.49. The summed E-state index contributed by atoms with van der Waals surface area (Å²) in [7, 11) is 0. The summed E-state index contributed by atoms with van der Waals surface area (Å²) in [6.45, 7) is 2.19. The summed E-state index contributed by atoms with van der Waals surface area (Å²) in [5, 5.41) is 21.8. The second-order valence-corrected chi connectivity index (χ2v) is 3.80. The summed E-state index contributed by atoms with van der Waals surface area (Å²) in [4.78, 5) is 11.9. The van der Waals surface area contributed by atoms with Crippen LogP contribution in [0.1, 0.15) is 25.5 Å². The van der Waals surface area contributed by atoms with Crippen molar-refractivity contribution in [1.82, 2.24) is 15.5 Å². The lowest BCUT2D eigenvalue weighted by Crippen LogP contribution is -2.38. The van der Waals surface area contributed by atoms with Crippen molar-refractivity contribution in [2.75, 3.05) is 0 Å². The molecule has 1 heterocycles. The van der Waals surface area contributed by atoms with Gasteiger partial charge in [0.05, 0.1) is 18.2 Å². The summed E-state index contributed by atoms with van der Waals surface area (Å²) in [5.74, 6) is -0.969. The molecule has 0 aromatic carbocycles. The van der Waals surface area contributed by atoms with Gasteiger partial charge in [0.25, 0.3) is 0 Å². The minimum atomic E-state index is -0.614. The summed E-state index contributed by atoms with van der Waals surface area (Å²) < 4.78 is 0. The van der Waals surface area contributed by atoms with E-state index in [4.69, 9.17) is 10.9 Å². The molecule has 0 fully saturated rings. The van der Waals surface area contributed by atoms with E-state index in [0.29, 0.717) is 12.1 Å². The molecule has 0 aliphatic carbocycles. The SMILES string of the molecule is CCCC(C(=O)NCc1cccnn1)/C(N)=N/O. The van der Waals surface area contributed by atoms with Crippen LogP contribution in [0.4, 0.5) is 0 Å². The van der Waals surface area contributed by atoms with Gasteiger partial charge in [-0.05, 0) is 18.6 Å². The zero-order valence-electron chi connectivity index (χ0n) is 10.2. The topological polar surface area (TPSA) is 113 Å². The molecule has 18 heavy (non-hydrogen) atoms. The highest BCUT2D eigenvalue weighted by atomic mass is 16.4. The second-order valence-electron chi connectivity index (χ2n) is 3.80. The predicted molar refractivity (Wildman–Crippen MR) is 65.7 cm³/mol. The standard InChI is InChI=1S/C11H17N5O2/c1-2-4-9(10(12)16-18)11(17)13-7-8-5-3-6-14-15-8/h3,5-6,9,18H,2,4,7H2,1H3,(H2,12,16)(H,13,17). The van der Waals surface area contributed by atoms with Gasteiger partial charge in [-0.25, -0.2) is 0 Å². The van der Waals surface area contributed by atoms with Gasteiger partial charge in [0.2, 0.25) is 5.91 Å². The maximum atomic E-state index is 11.9. The van der Waals surface area contributed by atoms with E-state index in [2.05, 4.69) is 20.7 Å². The molecule has 1 unspecified atom stereocenters. The highest BCUT2D eigenvalue weighted by molar-refractivity contribution is 6.01. The van der Waals surface area contributed by atoms with E-state index in [9.17, 15) is 4.79 Å². The molecule has 0 aliphatic rings. The van der Waals surface area contributed by atoms with E-state index in [-0.39, 0.29) is 18.3 Å². The molecule has 1 rings (SSSR count). The fourth-order valence-electron chi connectivity index (χ4n) is 1.50. The van der Waals surface area contributed by atoms with Gasteiger partial charge in [-0.1, -0.05) is 18.5 Å². The highest BCUT2D eigenvalue weighted by Crippen LogP contribution is 2.07. The first-order valence-corrected chi connectivity index (χ1v) is 5.70. The Morgan fingerprint density at radius 1 is 1.67 bits per heavy atom. The molecule has 7 nitrogen and oxygen atoms in total. The minimum absolute atomic E-state index is 0.0755. The molecule has 0 saturated carbocycles. The molecule has 98 valence electrons. The Morgan fingerprint density at radius 2 is 2.44 bits per heavy atom. The zero-order chi connectivity index (χ0) is 13.4. The summed E-state index contributed by atoms with van der Waals surface area (Å²) in [5.41, 5.74) is 6.14. The van der Waals surface area contributed by atoms with E-state index in [1.165, 1.54) is 0 Å².